The lowest BCUT2D eigenvalue weighted by molar-refractivity contribution is 0.238. The Balaban J connectivity index is 1.51. The predicted molar refractivity (Wildman–Crippen MR) is 110 cm³/mol. The van der Waals surface area contributed by atoms with E-state index >= 15 is 0 Å². The molecule has 0 saturated carbocycles. The van der Waals surface area contributed by atoms with Gasteiger partial charge in [-0.25, -0.2) is 4.39 Å². The zero-order chi connectivity index (χ0) is 18.6. The van der Waals surface area contributed by atoms with Crippen LogP contribution in [0.2, 0.25) is 5.02 Å². The number of para-hydroxylation sites is 1. The van der Waals surface area contributed by atoms with Crippen molar-refractivity contribution in [2.45, 2.75) is 19.4 Å². The molecule has 1 aliphatic rings. The number of piperazine rings is 1. The number of aromatic nitrogens is 1. The number of fused-ring (bicyclic) bond motifs is 1. The summed E-state index contributed by atoms with van der Waals surface area (Å²) in [5.41, 5.74) is 3.51. The van der Waals surface area contributed by atoms with Crippen LogP contribution in [0.15, 0.2) is 48.7 Å². The van der Waals surface area contributed by atoms with Gasteiger partial charge in [0.15, 0.2) is 0 Å². The summed E-state index contributed by atoms with van der Waals surface area (Å²) >= 11 is 6.24. The molecule has 0 spiro atoms. The first kappa shape index (κ1) is 18.5. The number of nitrogens with one attached hydrogen (secondary N) is 1. The number of rotatable bonds is 6. The van der Waals surface area contributed by atoms with E-state index in [4.69, 9.17) is 11.6 Å². The smallest absolute Gasteiger partial charge is 0.124 e. The number of nitrogens with zero attached hydrogens (tertiary/aromatic N) is 2. The molecule has 1 aliphatic heterocycles. The maximum Gasteiger partial charge on any atom is 0.124 e. The van der Waals surface area contributed by atoms with Crippen LogP contribution in [0, 0.1) is 5.82 Å². The molecule has 1 aromatic heterocycles. The number of halogens is 2. The van der Waals surface area contributed by atoms with Gasteiger partial charge in [0.2, 0.25) is 0 Å². The van der Waals surface area contributed by atoms with Crippen LogP contribution in [0.5, 0.6) is 0 Å². The van der Waals surface area contributed by atoms with Gasteiger partial charge >= 0.3 is 0 Å². The SMILES string of the molecule is Fc1ccc(Cn2cc(CCCN3CCNCC3)c3ccccc32)c(Cl)c1. The highest BCUT2D eigenvalue weighted by Gasteiger charge is 2.12. The maximum absolute atomic E-state index is 13.3. The second-order valence-electron chi connectivity index (χ2n) is 7.23. The van der Waals surface area contributed by atoms with Gasteiger partial charge in [-0.05, 0) is 48.7 Å². The molecule has 27 heavy (non-hydrogen) atoms. The van der Waals surface area contributed by atoms with Crippen LogP contribution < -0.4 is 5.32 Å². The van der Waals surface area contributed by atoms with Crippen molar-refractivity contribution >= 4 is 22.5 Å². The molecule has 2 heterocycles. The first-order valence-corrected chi connectivity index (χ1v) is 10.0. The Labute approximate surface area is 164 Å². The minimum atomic E-state index is -0.297. The molecule has 3 aromatic rings. The fourth-order valence-corrected chi connectivity index (χ4v) is 4.14. The molecule has 1 N–H and O–H groups in total. The Morgan fingerprint density at radius 2 is 1.85 bits per heavy atom. The van der Waals surface area contributed by atoms with E-state index < -0.39 is 0 Å². The van der Waals surface area contributed by atoms with Crippen LogP contribution in [-0.2, 0) is 13.0 Å². The lowest BCUT2D eigenvalue weighted by atomic mass is 10.1. The molecule has 0 bridgehead atoms. The van der Waals surface area contributed by atoms with Crippen molar-refractivity contribution in [1.82, 2.24) is 14.8 Å². The molecule has 142 valence electrons. The molecular weight excluding hydrogens is 361 g/mol. The summed E-state index contributed by atoms with van der Waals surface area (Å²) in [5.74, 6) is -0.297. The monoisotopic (exact) mass is 385 g/mol. The number of benzene rings is 2. The van der Waals surface area contributed by atoms with Gasteiger partial charge in [-0.3, -0.25) is 0 Å². The van der Waals surface area contributed by atoms with Crippen molar-refractivity contribution in [2.24, 2.45) is 0 Å². The number of hydrogen-bond donors (Lipinski definition) is 1. The predicted octanol–water partition coefficient (Wildman–Crippen LogP) is 4.32. The van der Waals surface area contributed by atoms with E-state index in [0.717, 1.165) is 51.1 Å². The molecule has 0 atom stereocenters. The molecule has 0 radical (unpaired) electrons. The Hall–Kier alpha value is -1.88. The Kier molecular flexibility index (Phi) is 5.77. The molecule has 3 nitrogen and oxygen atoms in total. The first-order valence-electron chi connectivity index (χ1n) is 9.64. The van der Waals surface area contributed by atoms with Crippen molar-refractivity contribution in [2.75, 3.05) is 32.7 Å². The van der Waals surface area contributed by atoms with E-state index in [2.05, 4.69) is 45.2 Å². The van der Waals surface area contributed by atoms with Crippen molar-refractivity contribution in [3.63, 3.8) is 0 Å². The van der Waals surface area contributed by atoms with Crippen molar-refractivity contribution in [1.29, 1.82) is 0 Å². The largest absolute Gasteiger partial charge is 0.343 e. The lowest BCUT2D eigenvalue weighted by Crippen LogP contribution is -2.43. The van der Waals surface area contributed by atoms with E-state index in [0.29, 0.717) is 11.6 Å². The normalized spacial score (nSPS) is 15.5. The van der Waals surface area contributed by atoms with Crippen LogP contribution in [-0.4, -0.2) is 42.2 Å². The number of hydrogen-bond acceptors (Lipinski definition) is 2. The molecular formula is C22H25ClFN3. The third-order valence-electron chi connectivity index (χ3n) is 5.36. The van der Waals surface area contributed by atoms with E-state index in [1.54, 1.807) is 6.07 Å². The zero-order valence-electron chi connectivity index (χ0n) is 15.4. The van der Waals surface area contributed by atoms with Gasteiger partial charge in [0.1, 0.15) is 5.82 Å². The minimum absolute atomic E-state index is 0.297. The molecule has 5 heteroatoms. The quantitative estimate of drug-likeness (QED) is 0.682. The van der Waals surface area contributed by atoms with E-state index in [1.165, 1.54) is 28.6 Å². The van der Waals surface area contributed by atoms with Gasteiger partial charge in [0.25, 0.3) is 0 Å². The van der Waals surface area contributed by atoms with Crippen LogP contribution in [0.3, 0.4) is 0 Å². The van der Waals surface area contributed by atoms with Gasteiger partial charge in [0, 0.05) is 54.8 Å². The van der Waals surface area contributed by atoms with Crippen LogP contribution in [0.4, 0.5) is 4.39 Å². The average Bonchev–Trinajstić information content (AvgIpc) is 3.03. The number of aryl methyl sites for hydroxylation is 1. The highest BCUT2D eigenvalue weighted by molar-refractivity contribution is 6.31. The standard InChI is InChI=1S/C22H25ClFN3/c23-21-14-19(24)8-7-18(21)16-27-15-17(20-5-1-2-6-22(20)27)4-3-11-26-12-9-25-10-13-26/h1-2,5-8,14-15,25H,3-4,9-13,16H2. The summed E-state index contributed by atoms with van der Waals surface area (Å²) in [4.78, 5) is 2.54. The van der Waals surface area contributed by atoms with Gasteiger partial charge in [-0.15, -0.1) is 0 Å². The van der Waals surface area contributed by atoms with Crippen molar-refractivity contribution < 1.29 is 4.39 Å². The van der Waals surface area contributed by atoms with Crippen LogP contribution in [0.25, 0.3) is 10.9 Å². The topological polar surface area (TPSA) is 20.2 Å². The Morgan fingerprint density at radius 1 is 1.04 bits per heavy atom. The van der Waals surface area contributed by atoms with Gasteiger partial charge in [0.05, 0.1) is 0 Å². The van der Waals surface area contributed by atoms with E-state index in [1.807, 2.05) is 0 Å². The Bertz CT molecular complexity index is 915. The summed E-state index contributed by atoms with van der Waals surface area (Å²) in [6.45, 7) is 6.27. The van der Waals surface area contributed by atoms with Crippen molar-refractivity contribution in [3.8, 4) is 0 Å². The minimum Gasteiger partial charge on any atom is -0.343 e. The average molecular weight is 386 g/mol. The van der Waals surface area contributed by atoms with Crippen LogP contribution in [0.1, 0.15) is 17.5 Å². The molecule has 0 amide bonds. The van der Waals surface area contributed by atoms with Gasteiger partial charge in [-0.1, -0.05) is 35.9 Å². The van der Waals surface area contributed by atoms with E-state index in [9.17, 15) is 4.39 Å². The molecule has 4 rings (SSSR count). The highest BCUT2D eigenvalue weighted by atomic mass is 35.5. The summed E-state index contributed by atoms with van der Waals surface area (Å²) in [6.07, 6.45) is 4.46. The molecule has 0 unspecified atom stereocenters. The second kappa shape index (κ2) is 8.42. The molecule has 1 saturated heterocycles. The molecule has 1 fully saturated rings. The second-order valence-corrected chi connectivity index (χ2v) is 7.64. The summed E-state index contributed by atoms with van der Waals surface area (Å²) < 4.78 is 15.6. The van der Waals surface area contributed by atoms with Crippen molar-refractivity contribution in [3.05, 3.63) is 70.6 Å². The Morgan fingerprint density at radius 3 is 2.67 bits per heavy atom. The fraction of sp³-hybridized carbons (Fsp3) is 0.364. The lowest BCUT2D eigenvalue weighted by Gasteiger charge is -2.26. The first-order chi connectivity index (χ1) is 13.2. The third kappa shape index (κ3) is 4.34. The van der Waals surface area contributed by atoms with Crippen LogP contribution >= 0.6 is 11.6 Å². The summed E-state index contributed by atoms with van der Waals surface area (Å²) in [5, 5.41) is 5.18. The summed E-state index contributed by atoms with van der Waals surface area (Å²) in [7, 11) is 0. The molecule has 2 aromatic carbocycles. The third-order valence-corrected chi connectivity index (χ3v) is 5.71. The zero-order valence-corrected chi connectivity index (χ0v) is 16.2. The van der Waals surface area contributed by atoms with Gasteiger partial charge in [-0.2, -0.15) is 0 Å². The van der Waals surface area contributed by atoms with Gasteiger partial charge < -0.3 is 14.8 Å². The van der Waals surface area contributed by atoms with E-state index in [-0.39, 0.29) is 5.82 Å². The fourth-order valence-electron chi connectivity index (χ4n) is 3.91. The summed E-state index contributed by atoms with van der Waals surface area (Å²) in [6, 6.07) is 13.1. The maximum atomic E-state index is 13.3. The highest BCUT2D eigenvalue weighted by Crippen LogP contribution is 2.26. The molecule has 0 aliphatic carbocycles.